The van der Waals surface area contributed by atoms with Crippen molar-refractivity contribution in [2.24, 2.45) is 0 Å². The van der Waals surface area contributed by atoms with E-state index in [1.54, 1.807) is 12.1 Å². The first-order chi connectivity index (χ1) is 8.19. The number of ether oxygens (including phenoxy) is 1. The molecule has 0 aliphatic heterocycles. The van der Waals surface area contributed by atoms with Crippen molar-refractivity contribution < 1.29 is 17.9 Å². The minimum Gasteiger partial charge on any atom is -0.484 e. The maximum atomic E-state index is 11.2. The van der Waals surface area contributed by atoms with E-state index in [1.807, 2.05) is 18.6 Å². The first-order valence-corrected chi connectivity index (χ1v) is 7.36. The average molecular weight is 292 g/mol. The molecular weight excluding hydrogens is 278 g/mol. The van der Waals surface area contributed by atoms with Gasteiger partial charge < -0.3 is 4.74 Å². The van der Waals surface area contributed by atoms with Gasteiger partial charge in [-0.2, -0.15) is 0 Å². The van der Waals surface area contributed by atoms with Gasteiger partial charge in [-0.15, -0.1) is 0 Å². The van der Waals surface area contributed by atoms with E-state index in [0.29, 0.717) is 10.8 Å². The molecule has 18 heavy (non-hydrogen) atoms. The van der Waals surface area contributed by atoms with Crippen LogP contribution in [0.3, 0.4) is 0 Å². The smallest absolute Gasteiger partial charge is 0.271 e. The molecule has 0 aromatic heterocycles. The lowest BCUT2D eigenvalue weighted by atomic mass is 10.1. The number of hydrogen-bond acceptors (Lipinski definition) is 4. The molecule has 0 saturated heterocycles. The molecule has 1 aromatic rings. The maximum absolute atomic E-state index is 11.2. The molecule has 5 nitrogen and oxygen atoms in total. The zero-order valence-electron chi connectivity index (χ0n) is 10.3. The van der Waals surface area contributed by atoms with Crippen molar-refractivity contribution in [3.63, 3.8) is 0 Å². The van der Waals surface area contributed by atoms with Crippen LogP contribution in [-0.4, -0.2) is 27.2 Å². The minimum atomic E-state index is -3.55. The second kappa shape index (κ2) is 5.58. The van der Waals surface area contributed by atoms with Crippen molar-refractivity contribution in [2.75, 3.05) is 12.9 Å². The quantitative estimate of drug-likeness (QED) is 0.910. The fourth-order valence-corrected chi connectivity index (χ4v) is 1.96. The Balaban J connectivity index is 2.67. The number of nitrogens with one attached hydrogen (secondary N) is 1. The number of amides is 1. The van der Waals surface area contributed by atoms with Gasteiger partial charge in [-0.25, -0.2) is 8.42 Å². The van der Waals surface area contributed by atoms with Crippen molar-refractivity contribution in [1.29, 1.82) is 0 Å². The van der Waals surface area contributed by atoms with E-state index < -0.39 is 15.9 Å². The van der Waals surface area contributed by atoms with Crippen LogP contribution in [0.4, 0.5) is 0 Å². The molecule has 0 unspecified atom stereocenters. The van der Waals surface area contributed by atoms with Gasteiger partial charge in [0.05, 0.1) is 6.26 Å². The van der Waals surface area contributed by atoms with Gasteiger partial charge in [0, 0.05) is 5.02 Å². The van der Waals surface area contributed by atoms with Crippen molar-refractivity contribution in [3.8, 4) is 5.75 Å². The molecular formula is C11H14ClNO4S. The first-order valence-electron chi connectivity index (χ1n) is 5.09. The summed E-state index contributed by atoms with van der Waals surface area (Å²) in [5.74, 6) is -0.249. The van der Waals surface area contributed by atoms with Crippen molar-refractivity contribution in [3.05, 3.63) is 28.3 Å². The molecule has 1 amide bonds. The van der Waals surface area contributed by atoms with E-state index in [4.69, 9.17) is 16.3 Å². The highest BCUT2D eigenvalue weighted by molar-refractivity contribution is 7.89. The molecule has 0 aliphatic carbocycles. The van der Waals surface area contributed by atoms with Crippen molar-refractivity contribution in [2.45, 2.75) is 13.8 Å². The molecule has 0 atom stereocenters. The Kier molecular flexibility index (Phi) is 4.59. The topological polar surface area (TPSA) is 72.5 Å². The Morgan fingerprint density at radius 3 is 2.28 bits per heavy atom. The molecule has 0 radical (unpaired) electrons. The number of hydrogen-bond donors (Lipinski definition) is 1. The molecule has 0 bridgehead atoms. The van der Waals surface area contributed by atoms with Gasteiger partial charge in [0.1, 0.15) is 5.75 Å². The third-order valence-corrected chi connectivity index (χ3v) is 3.27. The zero-order chi connectivity index (χ0) is 13.9. The lowest BCUT2D eigenvalue weighted by Crippen LogP contribution is -2.33. The Morgan fingerprint density at radius 2 is 1.83 bits per heavy atom. The Labute approximate surface area is 111 Å². The molecule has 1 N–H and O–H groups in total. The predicted molar refractivity (Wildman–Crippen MR) is 69.4 cm³/mol. The molecule has 1 rings (SSSR count). The summed E-state index contributed by atoms with van der Waals surface area (Å²) in [6.07, 6.45) is 0.904. The molecule has 7 heteroatoms. The van der Waals surface area contributed by atoms with E-state index in [0.717, 1.165) is 17.4 Å². The number of aryl methyl sites for hydroxylation is 2. The Morgan fingerprint density at radius 1 is 1.33 bits per heavy atom. The average Bonchev–Trinajstić information content (AvgIpc) is 2.20. The summed E-state index contributed by atoms with van der Waals surface area (Å²) in [7, 11) is -3.55. The minimum absolute atomic E-state index is 0.367. The molecule has 0 aliphatic rings. The van der Waals surface area contributed by atoms with Crippen LogP contribution in [0.25, 0.3) is 0 Å². The molecule has 0 saturated carbocycles. The summed E-state index contributed by atoms with van der Waals surface area (Å²) in [5.41, 5.74) is 1.66. The van der Waals surface area contributed by atoms with E-state index in [9.17, 15) is 13.2 Å². The van der Waals surface area contributed by atoms with Crippen molar-refractivity contribution in [1.82, 2.24) is 4.72 Å². The van der Waals surface area contributed by atoms with Gasteiger partial charge in [0.25, 0.3) is 5.91 Å². The number of sulfonamides is 1. The van der Waals surface area contributed by atoms with Crippen LogP contribution in [-0.2, 0) is 14.8 Å². The van der Waals surface area contributed by atoms with E-state index in [1.165, 1.54) is 0 Å². The van der Waals surface area contributed by atoms with Crippen LogP contribution in [0.2, 0.25) is 5.02 Å². The Hall–Kier alpha value is -1.27. The van der Waals surface area contributed by atoms with Crippen LogP contribution < -0.4 is 9.46 Å². The van der Waals surface area contributed by atoms with Crippen LogP contribution in [0, 0.1) is 13.8 Å². The van der Waals surface area contributed by atoms with Gasteiger partial charge >= 0.3 is 0 Å². The van der Waals surface area contributed by atoms with Gasteiger partial charge in [0.2, 0.25) is 10.0 Å². The molecule has 0 heterocycles. The number of rotatable bonds is 4. The summed E-state index contributed by atoms with van der Waals surface area (Å²) >= 11 is 5.99. The highest BCUT2D eigenvalue weighted by Crippen LogP contribution is 2.25. The van der Waals surface area contributed by atoms with Crippen LogP contribution in [0.1, 0.15) is 11.1 Å². The summed E-state index contributed by atoms with van der Waals surface area (Å²) in [5, 5.41) is 0.642. The summed E-state index contributed by atoms with van der Waals surface area (Å²) in [6, 6.07) is 3.37. The first kappa shape index (κ1) is 14.8. The lowest BCUT2D eigenvalue weighted by molar-refractivity contribution is -0.121. The normalized spacial score (nSPS) is 11.1. The van der Waals surface area contributed by atoms with Crippen LogP contribution in [0.15, 0.2) is 12.1 Å². The number of carbonyl (C=O) groups is 1. The number of benzene rings is 1. The number of carbonyl (C=O) groups excluding carboxylic acids is 1. The van der Waals surface area contributed by atoms with Gasteiger partial charge in [-0.3, -0.25) is 9.52 Å². The second-order valence-electron chi connectivity index (χ2n) is 3.96. The lowest BCUT2D eigenvalue weighted by Gasteiger charge is -2.09. The number of halogens is 1. The van der Waals surface area contributed by atoms with Gasteiger partial charge in [-0.1, -0.05) is 11.6 Å². The second-order valence-corrected chi connectivity index (χ2v) is 6.08. The predicted octanol–water partition coefficient (Wildman–Crippen LogP) is 1.41. The fourth-order valence-electron chi connectivity index (χ4n) is 1.37. The van der Waals surface area contributed by atoms with Gasteiger partial charge in [0.15, 0.2) is 6.61 Å². The SMILES string of the molecule is Cc1cc(OCC(=O)NS(C)(=O)=O)cc(C)c1Cl. The largest absolute Gasteiger partial charge is 0.484 e. The fraction of sp³-hybridized carbons (Fsp3) is 0.364. The van der Waals surface area contributed by atoms with E-state index in [-0.39, 0.29) is 6.61 Å². The Bertz CT molecular complexity index is 545. The van der Waals surface area contributed by atoms with Gasteiger partial charge in [-0.05, 0) is 37.1 Å². The third-order valence-electron chi connectivity index (χ3n) is 2.08. The van der Waals surface area contributed by atoms with Crippen LogP contribution in [0.5, 0.6) is 5.75 Å². The molecule has 1 aromatic carbocycles. The summed E-state index contributed by atoms with van der Waals surface area (Å²) in [6.45, 7) is 3.27. The van der Waals surface area contributed by atoms with Crippen molar-refractivity contribution >= 4 is 27.5 Å². The molecule has 100 valence electrons. The highest BCUT2D eigenvalue weighted by atomic mass is 35.5. The van der Waals surface area contributed by atoms with Crippen LogP contribution >= 0.6 is 11.6 Å². The molecule has 0 fully saturated rings. The highest BCUT2D eigenvalue weighted by Gasteiger charge is 2.10. The zero-order valence-corrected chi connectivity index (χ0v) is 11.9. The molecule has 0 spiro atoms. The van der Waals surface area contributed by atoms with E-state index in [2.05, 4.69) is 0 Å². The monoisotopic (exact) mass is 291 g/mol. The maximum Gasteiger partial charge on any atom is 0.271 e. The standard InChI is InChI=1S/C11H14ClNO4S/c1-7-4-9(5-8(2)11(7)12)17-6-10(14)13-18(3,15)16/h4-5H,6H2,1-3H3,(H,13,14). The summed E-state index contributed by atoms with van der Waals surface area (Å²) < 4.78 is 28.6. The third kappa shape index (κ3) is 4.54. The van der Waals surface area contributed by atoms with E-state index >= 15 is 0 Å². The summed E-state index contributed by atoms with van der Waals surface area (Å²) in [4.78, 5) is 11.2.